The summed E-state index contributed by atoms with van der Waals surface area (Å²) in [5, 5.41) is 6.86. The molecule has 0 aliphatic heterocycles. The number of pyridine rings is 2. The third kappa shape index (κ3) is 3.77. The quantitative estimate of drug-likeness (QED) is 0.486. The van der Waals surface area contributed by atoms with E-state index in [4.69, 9.17) is 11.6 Å². The van der Waals surface area contributed by atoms with Crippen LogP contribution in [0, 0.1) is 5.82 Å². The van der Waals surface area contributed by atoms with Crippen LogP contribution in [-0.4, -0.2) is 15.9 Å². The summed E-state index contributed by atoms with van der Waals surface area (Å²) in [6.45, 7) is 0. The molecule has 0 fully saturated rings. The van der Waals surface area contributed by atoms with E-state index in [1.165, 1.54) is 18.2 Å². The first kappa shape index (κ1) is 17.9. The summed E-state index contributed by atoms with van der Waals surface area (Å²) in [4.78, 5) is 20.9. The fraction of sp³-hybridized carbons (Fsp3) is 0. The lowest BCUT2D eigenvalue weighted by Crippen LogP contribution is -2.13. The van der Waals surface area contributed by atoms with E-state index in [9.17, 15) is 9.18 Å². The van der Waals surface area contributed by atoms with Crippen LogP contribution in [0.25, 0.3) is 10.9 Å². The van der Waals surface area contributed by atoms with Gasteiger partial charge in [-0.3, -0.25) is 9.78 Å². The third-order valence-electron chi connectivity index (χ3n) is 4.09. The maximum atomic E-state index is 13.2. The van der Waals surface area contributed by atoms with Crippen LogP contribution < -0.4 is 10.6 Å². The second kappa shape index (κ2) is 7.62. The summed E-state index contributed by atoms with van der Waals surface area (Å²) in [6.07, 6.45) is 3.30. The van der Waals surface area contributed by atoms with Crippen LogP contribution in [0.4, 0.5) is 21.5 Å². The van der Waals surface area contributed by atoms with Crippen molar-refractivity contribution < 1.29 is 9.18 Å². The van der Waals surface area contributed by atoms with Crippen molar-refractivity contribution in [2.75, 3.05) is 10.6 Å². The Hall–Kier alpha value is -3.51. The number of halogens is 2. The highest BCUT2D eigenvalue weighted by atomic mass is 35.5. The van der Waals surface area contributed by atoms with Crippen LogP contribution in [0.15, 0.2) is 73.1 Å². The number of amides is 1. The number of fused-ring (bicyclic) bond motifs is 1. The molecule has 4 rings (SSSR count). The summed E-state index contributed by atoms with van der Waals surface area (Å²) in [7, 11) is 0. The van der Waals surface area contributed by atoms with Gasteiger partial charge in [-0.05, 0) is 42.5 Å². The molecule has 0 atom stereocenters. The maximum absolute atomic E-state index is 13.2. The Morgan fingerprint density at radius 3 is 2.57 bits per heavy atom. The lowest BCUT2D eigenvalue weighted by molar-refractivity contribution is 0.102. The zero-order chi connectivity index (χ0) is 19.5. The minimum Gasteiger partial charge on any atom is -0.352 e. The number of carbonyl (C=O) groups is 1. The van der Waals surface area contributed by atoms with Gasteiger partial charge in [0.2, 0.25) is 0 Å². The second-order valence-electron chi connectivity index (χ2n) is 6.02. The van der Waals surface area contributed by atoms with Crippen molar-refractivity contribution >= 4 is 45.5 Å². The molecule has 0 radical (unpaired) electrons. The highest BCUT2D eigenvalue weighted by Gasteiger charge is 2.10. The standard InChI is InChI=1S/C21H14ClFN4O/c22-16-11-14(6-8-17(16)23)27-21(28)19-9-7-15(12-25-19)26-18-5-1-3-13-4-2-10-24-20(13)18/h1-12,26H,(H,27,28). The van der Waals surface area contributed by atoms with Crippen molar-refractivity contribution in [3.63, 3.8) is 0 Å². The van der Waals surface area contributed by atoms with E-state index in [0.717, 1.165) is 22.3 Å². The van der Waals surface area contributed by atoms with E-state index >= 15 is 0 Å². The van der Waals surface area contributed by atoms with Crippen molar-refractivity contribution in [1.82, 2.24) is 9.97 Å². The van der Waals surface area contributed by atoms with E-state index in [-0.39, 0.29) is 10.7 Å². The van der Waals surface area contributed by atoms with Gasteiger partial charge in [-0.2, -0.15) is 0 Å². The number of aromatic nitrogens is 2. The lowest BCUT2D eigenvalue weighted by Gasteiger charge is -2.10. The molecule has 28 heavy (non-hydrogen) atoms. The fourth-order valence-electron chi connectivity index (χ4n) is 2.73. The predicted molar refractivity (Wildman–Crippen MR) is 109 cm³/mol. The van der Waals surface area contributed by atoms with Crippen LogP contribution in [0.5, 0.6) is 0 Å². The van der Waals surface area contributed by atoms with Crippen LogP contribution in [0.1, 0.15) is 10.5 Å². The van der Waals surface area contributed by atoms with Gasteiger partial charge in [-0.25, -0.2) is 9.37 Å². The van der Waals surface area contributed by atoms with E-state index in [2.05, 4.69) is 20.6 Å². The first-order valence-corrected chi connectivity index (χ1v) is 8.81. The van der Waals surface area contributed by atoms with Crippen molar-refractivity contribution in [2.45, 2.75) is 0 Å². The summed E-state index contributed by atoms with van der Waals surface area (Å²) < 4.78 is 13.2. The van der Waals surface area contributed by atoms with Crippen LogP contribution in [-0.2, 0) is 0 Å². The van der Waals surface area contributed by atoms with Gasteiger partial charge in [0.1, 0.15) is 11.5 Å². The smallest absolute Gasteiger partial charge is 0.274 e. The number of para-hydroxylation sites is 1. The molecular weight excluding hydrogens is 379 g/mol. The summed E-state index contributed by atoms with van der Waals surface area (Å²) in [5.74, 6) is -0.961. The summed E-state index contributed by atoms with van der Waals surface area (Å²) in [5.41, 5.74) is 3.03. The monoisotopic (exact) mass is 392 g/mol. The van der Waals surface area contributed by atoms with Crippen LogP contribution in [0.2, 0.25) is 5.02 Å². The Bertz CT molecular complexity index is 1160. The van der Waals surface area contributed by atoms with E-state index in [1.54, 1.807) is 24.5 Å². The first-order valence-electron chi connectivity index (χ1n) is 8.43. The topological polar surface area (TPSA) is 66.9 Å². The number of rotatable bonds is 4. The Labute approximate surface area is 165 Å². The maximum Gasteiger partial charge on any atom is 0.274 e. The lowest BCUT2D eigenvalue weighted by atomic mass is 10.2. The molecule has 4 aromatic rings. The molecule has 2 aromatic carbocycles. The molecule has 0 aliphatic rings. The Balaban J connectivity index is 1.50. The van der Waals surface area contributed by atoms with E-state index in [0.29, 0.717) is 5.69 Å². The Morgan fingerprint density at radius 1 is 0.964 bits per heavy atom. The van der Waals surface area contributed by atoms with E-state index < -0.39 is 11.7 Å². The molecule has 7 heteroatoms. The molecule has 2 N–H and O–H groups in total. The Kier molecular flexibility index (Phi) is 4.87. The largest absolute Gasteiger partial charge is 0.352 e. The van der Waals surface area contributed by atoms with Gasteiger partial charge in [-0.15, -0.1) is 0 Å². The van der Waals surface area contributed by atoms with Gasteiger partial charge in [0.25, 0.3) is 5.91 Å². The fourth-order valence-corrected chi connectivity index (χ4v) is 2.91. The highest BCUT2D eigenvalue weighted by Crippen LogP contribution is 2.24. The average molecular weight is 393 g/mol. The van der Waals surface area contributed by atoms with Gasteiger partial charge in [-0.1, -0.05) is 29.8 Å². The average Bonchev–Trinajstić information content (AvgIpc) is 2.71. The number of hydrogen-bond acceptors (Lipinski definition) is 4. The van der Waals surface area contributed by atoms with Gasteiger partial charge >= 0.3 is 0 Å². The van der Waals surface area contributed by atoms with Gasteiger partial charge < -0.3 is 10.6 Å². The SMILES string of the molecule is O=C(Nc1ccc(F)c(Cl)c1)c1ccc(Nc2cccc3cccnc23)cn1. The van der Waals surface area contributed by atoms with Crippen molar-refractivity contribution in [3.8, 4) is 0 Å². The van der Waals surface area contributed by atoms with Gasteiger partial charge in [0.05, 0.1) is 28.1 Å². The van der Waals surface area contributed by atoms with Gasteiger partial charge in [0.15, 0.2) is 0 Å². The molecule has 2 heterocycles. The molecule has 2 aromatic heterocycles. The van der Waals surface area contributed by atoms with Gasteiger partial charge in [0, 0.05) is 17.3 Å². The number of anilines is 3. The third-order valence-corrected chi connectivity index (χ3v) is 4.37. The molecule has 0 saturated heterocycles. The predicted octanol–water partition coefficient (Wildman–Crippen LogP) is 5.42. The number of benzene rings is 2. The molecule has 5 nitrogen and oxygen atoms in total. The van der Waals surface area contributed by atoms with E-state index in [1.807, 2.05) is 30.3 Å². The number of hydrogen-bond donors (Lipinski definition) is 2. The van der Waals surface area contributed by atoms with Crippen molar-refractivity contribution in [2.24, 2.45) is 0 Å². The molecule has 0 spiro atoms. The molecule has 0 aliphatic carbocycles. The number of nitrogens with one attached hydrogen (secondary N) is 2. The van der Waals surface area contributed by atoms with Crippen LogP contribution in [0.3, 0.4) is 0 Å². The van der Waals surface area contributed by atoms with Crippen molar-refractivity contribution in [3.05, 3.63) is 89.6 Å². The molecule has 138 valence electrons. The molecule has 0 saturated carbocycles. The van der Waals surface area contributed by atoms with Crippen molar-refractivity contribution in [1.29, 1.82) is 0 Å². The summed E-state index contributed by atoms with van der Waals surface area (Å²) in [6, 6.07) is 17.0. The second-order valence-corrected chi connectivity index (χ2v) is 6.43. The minimum absolute atomic E-state index is 0.0611. The molecular formula is C21H14ClFN4O. The minimum atomic E-state index is -0.545. The Morgan fingerprint density at radius 2 is 1.79 bits per heavy atom. The zero-order valence-electron chi connectivity index (χ0n) is 14.5. The molecule has 0 unspecified atom stereocenters. The molecule has 0 bridgehead atoms. The molecule has 1 amide bonds. The highest BCUT2D eigenvalue weighted by molar-refractivity contribution is 6.31. The zero-order valence-corrected chi connectivity index (χ0v) is 15.2. The summed E-state index contributed by atoms with van der Waals surface area (Å²) >= 11 is 5.73. The number of nitrogens with zero attached hydrogens (tertiary/aromatic N) is 2. The number of carbonyl (C=O) groups excluding carboxylic acids is 1. The first-order chi connectivity index (χ1) is 13.6. The van der Waals surface area contributed by atoms with Crippen LogP contribution >= 0.6 is 11.6 Å². The normalized spacial score (nSPS) is 10.6.